The molecule has 104 valence electrons. The zero-order valence-corrected chi connectivity index (χ0v) is 10.8. The number of nitrogens with zero attached hydrogens (tertiary/aromatic N) is 1. The maximum absolute atomic E-state index is 11.9. The maximum Gasteiger partial charge on any atom is 0.318 e. The van der Waals surface area contributed by atoms with Crippen LogP contribution in [0.2, 0.25) is 0 Å². The van der Waals surface area contributed by atoms with Crippen molar-refractivity contribution >= 4 is 21.7 Å². The molecule has 1 rings (SSSR count). The summed E-state index contributed by atoms with van der Waals surface area (Å²) in [4.78, 5) is 20.0. The fourth-order valence-corrected chi connectivity index (χ4v) is 2.74. The normalized spacial score (nSPS) is 11.2. The van der Waals surface area contributed by atoms with E-state index in [4.69, 9.17) is 5.11 Å². The lowest BCUT2D eigenvalue weighted by Gasteiger charge is -2.09. The number of hydrogen-bond donors (Lipinski definition) is 2. The van der Waals surface area contributed by atoms with E-state index in [-0.39, 0.29) is 10.6 Å². The van der Waals surface area contributed by atoms with Gasteiger partial charge in [0.2, 0.25) is 10.0 Å². The van der Waals surface area contributed by atoms with Gasteiger partial charge in [0.05, 0.1) is 9.82 Å². The first-order valence-corrected chi connectivity index (χ1v) is 6.75. The van der Waals surface area contributed by atoms with Crippen molar-refractivity contribution in [1.82, 2.24) is 4.72 Å². The van der Waals surface area contributed by atoms with Crippen LogP contribution in [0.15, 0.2) is 23.1 Å². The van der Waals surface area contributed by atoms with Gasteiger partial charge in [-0.15, -0.1) is 0 Å². The van der Waals surface area contributed by atoms with E-state index in [2.05, 4.69) is 0 Å². The average molecular weight is 288 g/mol. The third-order valence-corrected chi connectivity index (χ3v) is 3.83. The molecule has 8 nitrogen and oxygen atoms in total. The number of nitrogens with one attached hydrogen (secondary N) is 1. The Bertz CT molecular complexity index is 610. The zero-order valence-electron chi connectivity index (χ0n) is 9.99. The van der Waals surface area contributed by atoms with Crippen molar-refractivity contribution in [1.29, 1.82) is 0 Å². The van der Waals surface area contributed by atoms with Gasteiger partial charge in [-0.1, -0.05) is 13.0 Å². The molecule has 2 N–H and O–H groups in total. The van der Waals surface area contributed by atoms with E-state index in [1.165, 1.54) is 12.1 Å². The van der Waals surface area contributed by atoms with Crippen LogP contribution in [0.25, 0.3) is 0 Å². The first kappa shape index (κ1) is 15.1. The molecule has 9 heteroatoms. The lowest BCUT2D eigenvalue weighted by Crippen LogP contribution is -2.30. The van der Waals surface area contributed by atoms with Crippen molar-refractivity contribution in [3.63, 3.8) is 0 Å². The highest BCUT2D eigenvalue weighted by Crippen LogP contribution is 2.22. The summed E-state index contributed by atoms with van der Waals surface area (Å²) in [6.45, 7) is 0.908. The van der Waals surface area contributed by atoms with Crippen LogP contribution in [0, 0.1) is 10.1 Å². The summed E-state index contributed by atoms with van der Waals surface area (Å²) in [6, 6.07) is 3.46. The quantitative estimate of drug-likeness (QED) is 0.580. The van der Waals surface area contributed by atoms with Gasteiger partial charge in [0.1, 0.15) is 6.54 Å². The number of nitro benzene ring substituents is 1. The monoisotopic (exact) mass is 288 g/mol. The largest absolute Gasteiger partial charge is 0.480 e. The lowest BCUT2D eigenvalue weighted by atomic mass is 10.1. The van der Waals surface area contributed by atoms with E-state index in [0.29, 0.717) is 12.0 Å². The number of hydrogen-bond acceptors (Lipinski definition) is 5. The minimum Gasteiger partial charge on any atom is -0.480 e. The third kappa shape index (κ3) is 3.73. The lowest BCUT2D eigenvalue weighted by molar-refractivity contribution is -0.385. The van der Waals surface area contributed by atoms with Crippen LogP contribution >= 0.6 is 0 Å². The summed E-state index contributed by atoms with van der Waals surface area (Å²) in [5.74, 6) is -1.34. The Morgan fingerprint density at radius 1 is 1.47 bits per heavy atom. The van der Waals surface area contributed by atoms with Crippen LogP contribution in [0.1, 0.15) is 12.5 Å². The molecule has 0 fully saturated rings. The minimum atomic E-state index is -4.09. The molecule has 0 radical (unpaired) electrons. The summed E-state index contributed by atoms with van der Waals surface area (Å²) >= 11 is 0. The molecule has 0 aliphatic carbocycles. The second kappa shape index (κ2) is 5.76. The molecule has 1 aromatic rings. The van der Waals surface area contributed by atoms with Gasteiger partial charge >= 0.3 is 5.97 Å². The molecule has 0 spiro atoms. The number of carbonyl (C=O) groups is 1. The van der Waals surface area contributed by atoms with Crippen molar-refractivity contribution in [3.8, 4) is 0 Å². The van der Waals surface area contributed by atoms with E-state index in [1.807, 2.05) is 4.72 Å². The van der Waals surface area contributed by atoms with Crippen LogP contribution < -0.4 is 4.72 Å². The molecule has 0 amide bonds. The Balaban J connectivity index is 3.26. The molecule has 0 saturated heterocycles. The van der Waals surface area contributed by atoms with Crippen LogP contribution in [0.3, 0.4) is 0 Å². The van der Waals surface area contributed by atoms with E-state index in [1.54, 1.807) is 6.92 Å². The predicted molar refractivity (Wildman–Crippen MR) is 65.3 cm³/mol. The smallest absolute Gasteiger partial charge is 0.318 e. The molecule has 19 heavy (non-hydrogen) atoms. The maximum atomic E-state index is 11.9. The highest BCUT2D eigenvalue weighted by atomic mass is 32.2. The van der Waals surface area contributed by atoms with Crippen LogP contribution in [-0.4, -0.2) is 31.0 Å². The fraction of sp³-hybridized carbons (Fsp3) is 0.300. The van der Waals surface area contributed by atoms with E-state index in [0.717, 1.165) is 6.07 Å². The average Bonchev–Trinajstić information content (AvgIpc) is 2.35. The summed E-state index contributed by atoms with van der Waals surface area (Å²) < 4.78 is 25.7. The molecule has 0 bridgehead atoms. The van der Waals surface area contributed by atoms with Gasteiger partial charge in [0.15, 0.2) is 0 Å². The van der Waals surface area contributed by atoms with Crippen LogP contribution in [0.4, 0.5) is 5.69 Å². The minimum absolute atomic E-state index is 0.273. The number of carboxylic acid groups (broad SMARTS) is 1. The Labute approximate surface area is 109 Å². The molecule has 0 saturated carbocycles. The number of aryl methyl sites for hydroxylation is 1. The number of sulfonamides is 1. The van der Waals surface area contributed by atoms with Gasteiger partial charge in [0, 0.05) is 12.1 Å². The van der Waals surface area contributed by atoms with Gasteiger partial charge in [-0.25, -0.2) is 8.42 Å². The molecule has 0 aliphatic heterocycles. The molecule has 1 aromatic carbocycles. The fourth-order valence-electron chi connectivity index (χ4n) is 1.43. The van der Waals surface area contributed by atoms with Gasteiger partial charge in [0.25, 0.3) is 5.69 Å². The Morgan fingerprint density at radius 2 is 2.11 bits per heavy atom. The van der Waals surface area contributed by atoms with Crippen molar-refractivity contribution in [2.75, 3.05) is 6.54 Å². The van der Waals surface area contributed by atoms with E-state index >= 15 is 0 Å². The highest BCUT2D eigenvalue weighted by molar-refractivity contribution is 7.89. The Kier molecular flexibility index (Phi) is 4.57. The molecule has 0 aromatic heterocycles. The second-order valence-electron chi connectivity index (χ2n) is 3.62. The van der Waals surface area contributed by atoms with Gasteiger partial charge < -0.3 is 5.11 Å². The number of carboxylic acids is 1. The summed E-state index contributed by atoms with van der Waals surface area (Å²) in [7, 11) is -4.09. The van der Waals surface area contributed by atoms with Crippen LogP contribution in [0.5, 0.6) is 0 Å². The molecule has 0 aliphatic rings. The Morgan fingerprint density at radius 3 is 2.58 bits per heavy atom. The number of nitro groups is 1. The van der Waals surface area contributed by atoms with Crippen LogP contribution in [-0.2, 0) is 21.2 Å². The first-order valence-electron chi connectivity index (χ1n) is 5.26. The standard InChI is InChI=1S/C10H12N2O6S/c1-2-7-3-4-8(12(15)16)5-9(7)19(17,18)11-6-10(13)14/h3-5,11H,2,6H2,1H3,(H,13,14). The molecule has 0 heterocycles. The van der Waals surface area contributed by atoms with Crippen molar-refractivity contribution in [2.45, 2.75) is 18.2 Å². The molecular weight excluding hydrogens is 276 g/mol. The first-order chi connectivity index (χ1) is 8.77. The van der Waals surface area contributed by atoms with Gasteiger partial charge in [-0.05, 0) is 12.0 Å². The molecule has 0 unspecified atom stereocenters. The van der Waals surface area contributed by atoms with Crippen molar-refractivity contribution in [3.05, 3.63) is 33.9 Å². The highest BCUT2D eigenvalue weighted by Gasteiger charge is 2.21. The summed E-state index contributed by atoms with van der Waals surface area (Å²) in [5.41, 5.74) is 0.0105. The topological polar surface area (TPSA) is 127 Å². The molecular formula is C10H12N2O6S. The van der Waals surface area contributed by atoms with E-state index < -0.39 is 27.5 Å². The number of rotatable bonds is 6. The second-order valence-corrected chi connectivity index (χ2v) is 5.36. The SMILES string of the molecule is CCc1ccc([N+](=O)[O-])cc1S(=O)(=O)NCC(=O)O. The zero-order chi connectivity index (χ0) is 14.6. The van der Waals surface area contributed by atoms with Crippen molar-refractivity contribution < 1.29 is 23.2 Å². The van der Waals surface area contributed by atoms with Gasteiger partial charge in [-0.3, -0.25) is 14.9 Å². The predicted octanol–water partition coefficient (Wildman–Crippen LogP) is 0.520. The molecule has 0 atom stereocenters. The summed E-state index contributed by atoms with van der Waals surface area (Å²) in [6.07, 6.45) is 0.349. The van der Waals surface area contributed by atoms with E-state index in [9.17, 15) is 23.3 Å². The van der Waals surface area contributed by atoms with Crippen molar-refractivity contribution in [2.24, 2.45) is 0 Å². The Hall–Kier alpha value is -2.00. The number of aliphatic carboxylic acids is 1. The third-order valence-electron chi connectivity index (χ3n) is 2.35. The van der Waals surface area contributed by atoms with Gasteiger partial charge in [-0.2, -0.15) is 4.72 Å². The summed E-state index contributed by atoms with van der Waals surface area (Å²) in [5, 5.41) is 19.1. The number of benzene rings is 1. The number of non-ortho nitro benzene ring substituents is 1.